The van der Waals surface area contributed by atoms with Gasteiger partial charge >= 0.3 is 0 Å². The lowest BCUT2D eigenvalue weighted by molar-refractivity contribution is 0.179. The average molecular weight is 330 g/mol. The molecule has 0 unspecified atom stereocenters. The van der Waals surface area contributed by atoms with Gasteiger partial charge in [0.15, 0.2) is 0 Å². The van der Waals surface area contributed by atoms with E-state index in [1.165, 1.54) is 50.7 Å². The van der Waals surface area contributed by atoms with Crippen LogP contribution in [0, 0.1) is 17.0 Å². The molecule has 1 heterocycles. The van der Waals surface area contributed by atoms with Gasteiger partial charge in [-0.15, -0.1) is 0 Å². The van der Waals surface area contributed by atoms with E-state index in [2.05, 4.69) is 15.9 Å². The number of benzene rings is 1. The number of hydrogen-bond acceptors (Lipinski definition) is 1. The highest BCUT2D eigenvalue weighted by atomic mass is 79.9. The van der Waals surface area contributed by atoms with Gasteiger partial charge in [0, 0.05) is 24.6 Å². The van der Waals surface area contributed by atoms with Gasteiger partial charge in [0.05, 0.1) is 10.2 Å². The number of anilines is 1. The Balaban J connectivity index is 1.74. The molecule has 1 saturated carbocycles. The third-order valence-electron chi connectivity index (χ3n) is 4.55. The summed E-state index contributed by atoms with van der Waals surface area (Å²) in [5.74, 6) is -0.727. The molecule has 104 valence electrons. The van der Waals surface area contributed by atoms with E-state index < -0.39 is 5.82 Å². The molecule has 19 heavy (non-hydrogen) atoms. The van der Waals surface area contributed by atoms with Gasteiger partial charge in [-0.25, -0.2) is 8.78 Å². The fraction of sp³-hybridized carbons (Fsp3) is 0.600. The van der Waals surface area contributed by atoms with Gasteiger partial charge in [0.2, 0.25) is 0 Å². The summed E-state index contributed by atoms with van der Waals surface area (Å²) in [7, 11) is 0. The molecule has 1 aliphatic heterocycles. The third-order valence-corrected chi connectivity index (χ3v) is 5.15. The van der Waals surface area contributed by atoms with E-state index in [1.807, 2.05) is 4.90 Å². The molecule has 0 N–H and O–H groups in total. The first-order valence-electron chi connectivity index (χ1n) is 6.99. The lowest BCUT2D eigenvalue weighted by Gasteiger charge is -2.51. The summed E-state index contributed by atoms with van der Waals surface area (Å²) in [4.78, 5) is 1.98. The first kappa shape index (κ1) is 13.3. The molecular formula is C15H18BrF2N. The minimum absolute atomic E-state index is 0.193. The lowest BCUT2D eigenvalue weighted by atomic mass is 9.73. The van der Waals surface area contributed by atoms with E-state index in [9.17, 15) is 8.78 Å². The molecule has 4 heteroatoms. The molecule has 1 aromatic rings. The number of halogens is 3. The molecule has 1 aliphatic carbocycles. The van der Waals surface area contributed by atoms with E-state index in [1.54, 1.807) is 0 Å². The Morgan fingerprint density at radius 2 is 1.58 bits per heavy atom. The second-order valence-corrected chi connectivity index (χ2v) is 6.84. The minimum Gasteiger partial charge on any atom is -0.368 e. The molecule has 0 amide bonds. The number of nitrogens with zero attached hydrogens (tertiary/aromatic N) is 1. The first-order valence-corrected chi connectivity index (χ1v) is 7.78. The summed E-state index contributed by atoms with van der Waals surface area (Å²) in [6, 6.07) is 2.53. The predicted octanol–water partition coefficient (Wildman–Crippen LogP) is 4.89. The molecule has 1 aromatic carbocycles. The van der Waals surface area contributed by atoms with Crippen LogP contribution in [0.1, 0.15) is 38.5 Å². The van der Waals surface area contributed by atoms with Gasteiger partial charge in [-0.2, -0.15) is 0 Å². The van der Waals surface area contributed by atoms with Crippen LogP contribution >= 0.6 is 15.9 Å². The van der Waals surface area contributed by atoms with E-state index in [-0.39, 0.29) is 10.3 Å². The molecule has 0 bridgehead atoms. The van der Waals surface area contributed by atoms with Crippen LogP contribution in [-0.2, 0) is 0 Å². The largest absolute Gasteiger partial charge is 0.368 e. The Kier molecular flexibility index (Phi) is 3.54. The summed E-state index contributed by atoms with van der Waals surface area (Å²) in [6.45, 7) is 1.76. The van der Waals surface area contributed by atoms with Gasteiger partial charge in [-0.05, 0) is 34.8 Å². The second kappa shape index (κ2) is 5.04. The molecular weight excluding hydrogens is 312 g/mol. The molecule has 2 aliphatic rings. The fourth-order valence-electron chi connectivity index (χ4n) is 3.48. The summed E-state index contributed by atoms with van der Waals surface area (Å²) < 4.78 is 27.6. The smallest absolute Gasteiger partial charge is 0.147 e. The van der Waals surface area contributed by atoms with Crippen LogP contribution in [0.25, 0.3) is 0 Å². The molecule has 3 rings (SSSR count). The summed E-state index contributed by atoms with van der Waals surface area (Å²) >= 11 is 3.02. The van der Waals surface area contributed by atoms with Crippen molar-refractivity contribution in [2.75, 3.05) is 18.0 Å². The van der Waals surface area contributed by atoms with Crippen molar-refractivity contribution in [3.05, 3.63) is 28.2 Å². The van der Waals surface area contributed by atoms with Crippen LogP contribution in [0.5, 0.6) is 0 Å². The molecule has 0 atom stereocenters. The highest BCUT2D eigenvalue weighted by Crippen LogP contribution is 2.45. The van der Waals surface area contributed by atoms with Crippen LogP contribution < -0.4 is 4.90 Å². The summed E-state index contributed by atoms with van der Waals surface area (Å²) in [5, 5.41) is 0. The van der Waals surface area contributed by atoms with Crippen molar-refractivity contribution in [3.8, 4) is 0 Å². The average Bonchev–Trinajstić information content (AvgIpc) is 2.58. The third kappa shape index (κ3) is 2.51. The van der Waals surface area contributed by atoms with Crippen LogP contribution in [0.3, 0.4) is 0 Å². The van der Waals surface area contributed by atoms with Crippen LogP contribution in [-0.4, -0.2) is 13.1 Å². The Labute approximate surface area is 121 Å². The summed E-state index contributed by atoms with van der Waals surface area (Å²) in [5.41, 5.74) is 0.780. The van der Waals surface area contributed by atoms with Gasteiger partial charge in [-0.1, -0.05) is 25.7 Å². The second-order valence-electron chi connectivity index (χ2n) is 5.99. The first-order chi connectivity index (χ1) is 9.10. The minimum atomic E-state index is -0.391. The Morgan fingerprint density at radius 1 is 0.947 bits per heavy atom. The highest BCUT2D eigenvalue weighted by molar-refractivity contribution is 9.10. The summed E-state index contributed by atoms with van der Waals surface area (Å²) in [6.07, 6.45) is 7.69. The Morgan fingerprint density at radius 3 is 2.21 bits per heavy atom. The molecule has 1 saturated heterocycles. The van der Waals surface area contributed by atoms with Crippen molar-refractivity contribution in [2.45, 2.75) is 38.5 Å². The number of hydrogen-bond donors (Lipinski definition) is 0. The normalized spacial score (nSPS) is 22.2. The van der Waals surface area contributed by atoms with Crippen molar-refractivity contribution >= 4 is 21.6 Å². The van der Waals surface area contributed by atoms with E-state index >= 15 is 0 Å². The fourth-order valence-corrected chi connectivity index (χ4v) is 3.80. The zero-order valence-corrected chi connectivity index (χ0v) is 12.5. The Bertz CT molecular complexity index is 473. The monoisotopic (exact) mass is 329 g/mol. The van der Waals surface area contributed by atoms with Crippen molar-refractivity contribution in [1.82, 2.24) is 0 Å². The van der Waals surface area contributed by atoms with Crippen molar-refractivity contribution in [3.63, 3.8) is 0 Å². The van der Waals surface area contributed by atoms with E-state index in [0.717, 1.165) is 13.1 Å². The van der Waals surface area contributed by atoms with Crippen LogP contribution in [0.4, 0.5) is 14.5 Å². The molecule has 1 spiro atoms. The standard InChI is InChI=1S/C15H18BrF2N/c16-11-7-13(18)14(8-12(11)17)19-9-15(10-19)5-3-1-2-4-6-15/h7-8H,1-6,9-10H2. The van der Waals surface area contributed by atoms with Crippen LogP contribution in [0.2, 0.25) is 0 Å². The maximum absolute atomic E-state index is 13.9. The SMILES string of the molecule is Fc1cc(N2CC3(CCCCCC3)C2)c(F)cc1Br. The maximum atomic E-state index is 13.9. The highest BCUT2D eigenvalue weighted by Gasteiger charge is 2.43. The van der Waals surface area contributed by atoms with Gasteiger partial charge in [-0.3, -0.25) is 0 Å². The quantitative estimate of drug-likeness (QED) is 0.663. The number of rotatable bonds is 1. The molecule has 0 aromatic heterocycles. The van der Waals surface area contributed by atoms with Crippen molar-refractivity contribution in [2.24, 2.45) is 5.41 Å². The van der Waals surface area contributed by atoms with E-state index in [0.29, 0.717) is 11.1 Å². The maximum Gasteiger partial charge on any atom is 0.147 e. The zero-order chi connectivity index (χ0) is 13.5. The molecule has 1 nitrogen and oxygen atoms in total. The molecule has 0 radical (unpaired) electrons. The Hall–Kier alpha value is -0.640. The molecule has 2 fully saturated rings. The van der Waals surface area contributed by atoms with Gasteiger partial charge in [0.1, 0.15) is 11.6 Å². The van der Waals surface area contributed by atoms with Crippen molar-refractivity contribution in [1.29, 1.82) is 0 Å². The van der Waals surface area contributed by atoms with Crippen molar-refractivity contribution < 1.29 is 8.78 Å². The van der Waals surface area contributed by atoms with E-state index in [4.69, 9.17) is 0 Å². The lowest BCUT2D eigenvalue weighted by Crippen LogP contribution is -2.56. The van der Waals surface area contributed by atoms with Crippen LogP contribution in [0.15, 0.2) is 16.6 Å². The van der Waals surface area contributed by atoms with Gasteiger partial charge in [0.25, 0.3) is 0 Å². The zero-order valence-electron chi connectivity index (χ0n) is 10.9. The van der Waals surface area contributed by atoms with Gasteiger partial charge < -0.3 is 4.90 Å². The predicted molar refractivity (Wildman–Crippen MR) is 76.4 cm³/mol. The topological polar surface area (TPSA) is 3.24 Å².